The first-order valence-corrected chi connectivity index (χ1v) is 6.95. The summed E-state index contributed by atoms with van der Waals surface area (Å²) < 4.78 is 0. The number of nitrogens with zero attached hydrogens (tertiary/aromatic N) is 1. The molecule has 1 amide bonds. The van der Waals surface area contributed by atoms with Gasteiger partial charge in [0, 0.05) is 29.1 Å². The van der Waals surface area contributed by atoms with Gasteiger partial charge in [0.15, 0.2) is 0 Å². The van der Waals surface area contributed by atoms with Crippen LogP contribution in [-0.2, 0) is 4.79 Å². The maximum atomic E-state index is 12.0. The molecule has 20 heavy (non-hydrogen) atoms. The average molecular weight is 292 g/mol. The van der Waals surface area contributed by atoms with Gasteiger partial charge in [0.25, 0.3) is 0 Å². The Morgan fingerprint density at radius 2 is 2.20 bits per heavy atom. The summed E-state index contributed by atoms with van der Waals surface area (Å²) in [7, 11) is 0. The molecule has 0 aliphatic heterocycles. The van der Waals surface area contributed by atoms with Gasteiger partial charge in [0.05, 0.1) is 11.2 Å². The summed E-state index contributed by atoms with van der Waals surface area (Å²) in [6, 6.07) is 7.10. The predicted molar refractivity (Wildman–Crippen MR) is 82.8 cm³/mol. The van der Waals surface area contributed by atoms with Gasteiger partial charge in [-0.1, -0.05) is 31.5 Å². The number of carbonyl (C=O) groups excluding carboxylic acids is 1. The lowest BCUT2D eigenvalue weighted by Crippen LogP contribution is -2.31. The maximum absolute atomic E-state index is 12.0. The standard InChI is InChI=1S/C15H18ClN3O/c1-9(2)12(17)8-14(20)19-13-7-11(16)6-10-4-3-5-18-15(10)13/h3-7,9,12H,8,17H2,1-2H3,(H,19,20). The van der Waals surface area contributed by atoms with E-state index in [2.05, 4.69) is 10.3 Å². The van der Waals surface area contributed by atoms with Gasteiger partial charge in [-0.2, -0.15) is 0 Å². The summed E-state index contributed by atoms with van der Waals surface area (Å²) in [4.78, 5) is 16.3. The molecule has 1 aromatic carbocycles. The third kappa shape index (κ3) is 3.46. The summed E-state index contributed by atoms with van der Waals surface area (Å²) in [5, 5.41) is 4.30. The lowest BCUT2D eigenvalue weighted by Gasteiger charge is -2.15. The molecule has 0 aliphatic rings. The molecule has 0 radical (unpaired) electrons. The molecule has 0 spiro atoms. The quantitative estimate of drug-likeness (QED) is 0.909. The molecule has 1 atom stereocenters. The molecule has 1 heterocycles. The fourth-order valence-electron chi connectivity index (χ4n) is 1.90. The summed E-state index contributed by atoms with van der Waals surface area (Å²) in [6.45, 7) is 3.99. The zero-order valence-electron chi connectivity index (χ0n) is 11.6. The van der Waals surface area contributed by atoms with E-state index in [0.717, 1.165) is 10.9 Å². The van der Waals surface area contributed by atoms with Crippen LogP contribution in [0.5, 0.6) is 0 Å². The van der Waals surface area contributed by atoms with Crippen molar-refractivity contribution in [3.63, 3.8) is 0 Å². The smallest absolute Gasteiger partial charge is 0.226 e. The van der Waals surface area contributed by atoms with Gasteiger partial charge >= 0.3 is 0 Å². The Morgan fingerprint density at radius 1 is 1.45 bits per heavy atom. The Kier molecular flexibility index (Phi) is 4.57. The molecular weight excluding hydrogens is 274 g/mol. The van der Waals surface area contributed by atoms with Crippen molar-refractivity contribution >= 4 is 34.1 Å². The Bertz CT molecular complexity index is 628. The van der Waals surface area contributed by atoms with Crippen LogP contribution in [0.1, 0.15) is 20.3 Å². The fourth-order valence-corrected chi connectivity index (χ4v) is 2.13. The van der Waals surface area contributed by atoms with Crippen LogP contribution in [0, 0.1) is 5.92 Å². The topological polar surface area (TPSA) is 68.0 Å². The van der Waals surface area contributed by atoms with E-state index < -0.39 is 0 Å². The Hall–Kier alpha value is -1.65. The lowest BCUT2D eigenvalue weighted by molar-refractivity contribution is -0.116. The fraction of sp³-hybridized carbons (Fsp3) is 0.333. The van der Waals surface area contributed by atoms with Crippen molar-refractivity contribution < 1.29 is 4.79 Å². The van der Waals surface area contributed by atoms with E-state index in [1.165, 1.54) is 0 Å². The van der Waals surface area contributed by atoms with Crippen molar-refractivity contribution in [3.8, 4) is 0 Å². The van der Waals surface area contributed by atoms with E-state index in [9.17, 15) is 4.79 Å². The van der Waals surface area contributed by atoms with Gasteiger partial charge in [-0.3, -0.25) is 9.78 Å². The Labute approximate surface area is 123 Å². The van der Waals surface area contributed by atoms with Crippen LogP contribution in [0.4, 0.5) is 5.69 Å². The molecule has 0 saturated heterocycles. The Balaban J connectivity index is 2.23. The van der Waals surface area contributed by atoms with Crippen LogP contribution >= 0.6 is 11.6 Å². The molecule has 0 saturated carbocycles. The van der Waals surface area contributed by atoms with Crippen molar-refractivity contribution in [2.45, 2.75) is 26.3 Å². The molecule has 0 aliphatic carbocycles. The highest BCUT2D eigenvalue weighted by Crippen LogP contribution is 2.26. The van der Waals surface area contributed by atoms with Gasteiger partial charge in [-0.05, 0) is 24.1 Å². The zero-order valence-corrected chi connectivity index (χ0v) is 12.3. The number of nitrogens with one attached hydrogen (secondary N) is 1. The SMILES string of the molecule is CC(C)C(N)CC(=O)Nc1cc(Cl)cc2cccnc12. The first-order chi connectivity index (χ1) is 9.47. The van der Waals surface area contributed by atoms with Crippen LogP contribution < -0.4 is 11.1 Å². The third-order valence-corrected chi connectivity index (χ3v) is 3.44. The van der Waals surface area contributed by atoms with E-state index in [1.807, 2.05) is 32.0 Å². The second kappa shape index (κ2) is 6.20. The number of hydrogen-bond acceptors (Lipinski definition) is 3. The first-order valence-electron chi connectivity index (χ1n) is 6.57. The van der Waals surface area contributed by atoms with E-state index in [1.54, 1.807) is 12.3 Å². The van der Waals surface area contributed by atoms with E-state index in [0.29, 0.717) is 10.7 Å². The van der Waals surface area contributed by atoms with Crippen molar-refractivity contribution in [1.82, 2.24) is 4.98 Å². The van der Waals surface area contributed by atoms with E-state index in [-0.39, 0.29) is 24.3 Å². The summed E-state index contributed by atoms with van der Waals surface area (Å²) >= 11 is 6.06. The summed E-state index contributed by atoms with van der Waals surface area (Å²) in [6.07, 6.45) is 1.96. The molecule has 0 bridgehead atoms. The molecule has 2 rings (SSSR count). The second-order valence-electron chi connectivity index (χ2n) is 5.19. The number of carbonyl (C=O) groups is 1. The van der Waals surface area contributed by atoms with Crippen LogP contribution in [0.3, 0.4) is 0 Å². The number of benzene rings is 1. The van der Waals surface area contributed by atoms with E-state index in [4.69, 9.17) is 17.3 Å². The van der Waals surface area contributed by atoms with E-state index >= 15 is 0 Å². The van der Waals surface area contributed by atoms with Crippen molar-refractivity contribution in [1.29, 1.82) is 0 Å². The number of aromatic nitrogens is 1. The molecule has 2 aromatic rings. The van der Waals surface area contributed by atoms with Crippen molar-refractivity contribution in [2.24, 2.45) is 11.7 Å². The number of fused-ring (bicyclic) bond motifs is 1. The van der Waals surface area contributed by atoms with Gasteiger partial charge in [-0.15, -0.1) is 0 Å². The molecule has 0 fully saturated rings. The number of hydrogen-bond donors (Lipinski definition) is 2. The van der Waals surface area contributed by atoms with Gasteiger partial charge in [0.1, 0.15) is 0 Å². The number of halogens is 1. The number of anilines is 1. The average Bonchev–Trinajstić information content (AvgIpc) is 2.38. The second-order valence-corrected chi connectivity index (χ2v) is 5.63. The van der Waals surface area contributed by atoms with Crippen molar-refractivity contribution in [2.75, 3.05) is 5.32 Å². The minimum absolute atomic E-state index is 0.125. The number of rotatable bonds is 4. The lowest BCUT2D eigenvalue weighted by atomic mass is 10.0. The van der Waals surface area contributed by atoms with Gasteiger partial charge in [-0.25, -0.2) is 0 Å². The molecule has 3 N–H and O–H groups in total. The van der Waals surface area contributed by atoms with Crippen LogP contribution in [0.25, 0.3) is 10.9 Å². The van der Waals surface area contributed by atoms with Gasteiger partial charge < -0.3 is 11.1 Å². The minimum atomic E-state index is -0.159. The zero-order chi connectivity index (χ0) is 14.7. The Morgan fingerprint density at radius 3 is 2.90 bits per heavy atom. The largest absolute Gasteiger partial charge is 0.327 e. The van der Waals surface area contributed by atoms with Crippen molar-refractivity contribution in [3.05, 3.63) is 35.5 Å². The molecular formula is C15H18ClN3O. The highest BCUT2D eigenvalue weighted by molar-refractivity contribution is 6.32. The number of amides is 1. The summed E-state index contributed by atoms with van der Waals surface area (Å²) in [5.41, 5.74) is 7.26. The van der Waals surface area contributed by atoms with Crippen LogP contribution in [0.15, 0.2) is 30.5 Å². The monoisotopic (exact) mass is 291 g/mol. The first kappa shape index (κ1) is 14.8. The third-order valence-electron chi connectivity index (χ3n) is 3.22. The minimum Gasteiger partial charge on any atom is -0.327 e. The summed E-state index contributed by atoms with van der Waals surface area (Å²) in [5.74, 6) is 0.135. The van der Waals surface area contributed by atoms with Gasteiger partial charge in [0.2, 0.25) is 5.91 Å². The van der Waals surface area contributed by atoms with Crippen LogP contribution in [0.2, 0.25) is 5.02 Å². The maximum Gasteiger partial charge on any atom is 0.226 e. The molecule has 1 aromatic heterocycles. The number of nitrogens with two attached hydrogens (primary N) is 1. The predicted octanol–water partition coefficient (Wildman–Crippen LogP) is 3.20. The highest BCUT2D eigenvalue weighted by atomic mass is 35.5. The molecule has 4 nitrogen and oxygen atoms in total. The molecule has 5 heteroatoms. The highest BCUT2D eigenvalue weighted by Gasteiger charge is 2.14. The van der Waals surface area contributed by atoms with Crippen LogP contribution in [-0.4, -0.2) is 16.9 Å². The molecule has 106 valence electrons. The molecule has 1 unspecified atom stereocenters. The number of pyridine rings is 1. The normalized spacial score (nSPS) is 12.7.